The van der Waals surface area contributed by atoms with E-state index in [1.165, 1.54) is 6.33 Å². The summed E-state index contributed by atoms with van der Waals surface area (Å²) in [6.45, 7) is 3.23. The van der Waals surface area contributed by atoms with Crippen molar-refractivity contribution in [1.82, 2.24) is 9.97 Å². The van der Waals surface area contributed by atoms with E-state index in [2.05, 4.69) is 9.97 Å². The Balaban J connectivity index is 2.11. The van der Waals surface area contributed by atoms with E-state index >= 15 is 0 Å². The molecular formula is C9H13N3O2. The third-order valence-corrected chi connectivity index (χ3v) is 2.24. The first-order valence-corrected chi connectivity index (χ1v) is 4.59. The lowest BCUT2D eigenvalue weighted by Gasteiger charge is -2.12. The van der Waals surface area contributed by atoms with Crippen molar-refractivity contribution in [1.29, 1.82) is 0 Å². The first-order chi connectivity index (χ1) is 6.77. The Morgan fingerprint density at radius 1 is 1.57 bits per heavy atom. The molecule has 2 rings (SSSR count). The van der Waals surface area contributed by atoms with Gasteiger partial charge in [-0.3, -0.25) is 0 Å². The highest BCUT2D eigenvalue weighted by Crippen LogP contribution is 2.20. The number of aromatic nitrogens is 2. The molecule has 1 aromatic heterocycles. The number of nitrogens with zero attached hydrogens (tertiary/aromatic N) is 2. The fourth-order valence-corrected chi connectivity index (χ4v) is 1.33. The van der Waals surface area contributed by atoms with E-state index in [4.69, 9.17) is 15.2 Å². The largest absolute Gasteiger partial charge is 0.471 e. The molecule has 1 unspecified atom stereocenters. The molecule has 1 fully saturated rings. The second-order valence-corrected chi connectivity index (χ2v) is 3.29. The molecular weight excluding hydrogens is 182 g/mol. The molecule has 1 aromatic rings. The zero-order valence-corrected chi connectivity index (χ0v) is 8.06. The number of nitrogens with two attached hydrogens (primary N) is 1. The van der Waals surface area contributed by atoms with E-state index < -0.39 is 0 Å². The third kappa shape index (κ3) is 1.77. The molecule has 76 valence electrons. The van der Waals surface area contributed by atoms with Crippen molar-refractivity contribution in [2.45, 2.75) is 19.4 Å². The highest BCUT2D eigenvalue weighted by Gasteiger charge is 2.19. The second kappa shape index (κ2) is 3.79. The fraction of sp³-hybridized carbons (Fsp3) is 0.556. The van der Waals surface area contributed by atoms with Crippen LogP contribution in [0.1, 0.15) is 12.0 Å². The van der Waals surface area contributed by atoms with Crippen molar-refractivity contribution in [2.75, 3.05) is 18.9 Å². The summed E-state index contributed by atoms with van der Waals surface area (Å²) in [6, 6.07) is 0. The average molecular weight is 195 g/mol. The number of hydrogen-bond donors (Lipinski definition) is 1. The topological polar surface area (TPSA) is 70.3 Å². The minimum Gasteiger partial charge on any atom is -0.471 e. The van der Waals surface area contributed by atoms with Crippen LogP contribution < -0.4 is 10.5 Å². The third-order valence-electron chi connectivity index (χ3n) is 2.24. The maximum absolute atomic E-state index is 5.63. The molecule has 0 aliphatic carbocycles. The Bertz CT molecular complexity index is 324. The van der Waals surface area contributed by atoms with Crippen LogP contribution in [0.4, 0.5) is 5.82 Å². The van der Waals surface area contributed by atoms with Crippen LogP contribution in [0, 0.1) is 6.92 Å². The molecule has 0 spiro atoms. The Hall–Kier alpha value is -1.36. The molecule has 5 heteroatoms. The molecule has 2 N–H and O–H groups in total. The van der Waals surface area contributed by atoms with Gasteiger partial charge in [0, 0.05) is 6.42 Å². The predicted octanol–water partition coefficient (Wildman–Crippen LogP) is 0.535. The molecule has 0 bridgehead atoms. The number of anilines is 1. The minimum atomic E-state index is 0.1000. The van der Waals surface area contributed by atoms with Gasteiger partial charge in [-0.25, -0.2) is 9.97 Å². The first-order valence-electron chi connectivity index (χ1n) is 4.59. The van der Waals surface area contributed by atoms with Crippen LogP contribution >= 0.6 is 0 Å². The SMILES string of the molecule is Cc1c(N)ncnc1OC1CCOC1. The number of ether oxygens (including phenoxy) is 2. The standard InChI is InChI=1S/C9H13N3O2/c1-6-8(10)11-5-12-9(6)14-7-2-3-13-4-7/h5,7H,2-4H2,1H3,(H2,10,11,12). The average Bonchev–Trinajstić information content (AvgIpc) is 2.66. The van der Waals surface area contributed by atoms with E-state index in [0.717, 1.165) is 18.6 Å². The van der Waals surface area contributed by atoms with Crippen LogP contribution in [0.15, 0.2) is 6.33 Å². The molecule has 5 nitrogen and oxygen atoms in total. The Labute approximate surface area is 82.3 Å². The van der Waals surface area contributed by atoms with Crippen LogP contribution in [0.2, 0.25) is 0 Å². The van der Waals surface area contributed by atoms with Crippen molar-refractivity contribution in [3.8, 4) is 5.88 Å². The van der Waals surface area contributed by atoms with Crippen molar-refractivity contribution in [2.24, 2.45) is 0 Å². The summed E-state index contributed by atoms with van der Waals surface area (Å²) in [7, 11) is 0. The molecule has 0 saturated carbocycles. The lowest BCUT2D eigenvalue weighted by molar-refractivity contribution is 0.137. The van der Waals surface area contributed by atoms with Gasteiger partial charge in [-0.2, -0.15) is 0 Å². The van der Waals surface area contributed by atoms with Gasteiger partial charge in [0.25, 0.3) is 0 Å². The zero-order valence-electron chi connectivity index (χ0n) is 8.06. The molecule has 14 heavy (non-hydrogen) atoms. The molecule has 1 atom stereocenters. The summed E-state index contributed by atoms with van der Waals surface area (Å²) >= 11 is 0. The summed E-state index contributed by atoms with van der Waals surface area (Å²) in [5.41, 5.74) is 6.42. The summed E-state index contributed by atoms with van der Waals surface area (Å²) in [6.07, 6.45) is 2.42. The van der Waals surface area contributed by atoms with Gasteiger partial charge in [0.15, 0.2) is 0 Å². The summed E-state index contributed by atoms with van der Waals surface area (Å²) in [5.74, 6) is 1.03. The number of rotatable bonds is 2. The Morgan fingerprint density at radius 3 is 3.14 bits per heavy atom. The summed E-state index contributed by atoms with van der Waals surface area (Å²) in [5, 5.41) is 0. The van der Waals surface area contributed by atoms with Crippen molar-refractivity contribution < 1.29 is 9.47 Å². The molecule has 1 aliphatic heterocycles. The van der Waals surface area contributed by atoms with Gasteiger partial charge >= 0.3 is 0 Å². The minimum absolute atomic E-state index is 0.1000. The van der Waals surface area contributed by atoms with Crippen LogP contribution in [-0.4, -0.2) is 29.3 Å². The van der Waals surface area contributed by atoms with Crippen LogP contribution in [-0.2, 0) is 4.74 Å². The first kappa shape index (κ1) is 9.21. The summed E-state index contributed by atoms with van der Waals surface area (Å²) < 4.78 is 10.8. The summed E-state index contributed by atoms with van der Waals surface area (Å²) in [4.78, 5) is 7.90. The molecule has 1 saturated heterocycles. The van der Waals surface area contributed by atoms with Gasteiger partial charge in [0.05, 0.1) is 18.8 Å². The molecule has 0 aromatic carbocycles. The smallest absolute Gasteiger partial charge is 0.221 e. The van der Waals surface area contributed by atoms with E-state index in [1.54, 1.807) is 0 Å². The van der Waals surface area contributed by atoms with Gasteiger partial charge in [0.2, 0.25) is 5.88 Å². The molecule has 0 radical (unpaired) electrons. The normalized spacial score (nSPS) is 21.1. The van der Waals surface area contributed by atoms with Crippen molar-refractivity contribution in [3.63, 3.8) is 0 Å². The van der Waals surface area contributed by atoms with E-state index in [0.29, 0.717) is 18.3 Å². The molecule has 0 amide bonds. The van der Waals surface area contributed by atoms with Gasteiger partial charge < -0.3 is 15.2 Å². The maximum Gasteiger partial charge on any atom is 0.221 e. The van der Waals surface area contributed by atoms with E-state index in [1.807, 2.05) is 6.92 Å². The second-order valence-electron chi connectivity index (χ2n) is 3.29. The number of nitrogen functional groups attached to an aromatic ring is 1. The van der Waals surface area contributed by atoms with Gasteiger partial charge in [-0.15, -0.1) is 0 Å². The lowest BCUT2D eigenvalue weighted by Crippen LogP contribution is -2.17. The predicted molar refractivity (Wildman–Crippen MR) is 51.0 cm³/mol. The zero-order chi connectivity index (χ0) is 9.97. The van der Waals surface area contributed by atoms with Gasteiger partial charge in [-0.1, -0.05) is 0 Å². The lowest BCUT2D eigenvalue weighted by atomic mass is 10.3. The quantitative estimate of drug-likeness (QED) is 0.745. The molecule has 2 heterocycles. The highest BCUT2D eigenvalue weighted by atomic mass is 16.5. The Kier molecular flexibility index (Phi) is 2.49. The van der Waals surface area contributed by atoms with Crippen molar-refractivity contribution >= 4 is 5.82 Å². The maximum atomic E-state index is 5.63. The van der Waals surface area contributed by atoms with Crippen LogP contribution in [0.25, 0.3) is 0 Å². The van der Waals surface area contributed by atoms with Crippen LogP contribution in [0.3, 0.4) is 0 Å². The van der Waals surface area contributed by atoms with E-state index in [9.17, 15) is 0 Å². The van der Waals surface area contributed by atoms with Gasteiger partial charge in [-0.05, 0) is 6.92 Å². The highest BCUT2D eigenvalue weighted by molar-refractivity contribution is 5.43. The van der Waals surface area contributed by atoms with Gasteiger partial charge in [0.1, 0.15) is 18.2 Å². The number of hydrogen-bond acceptors (Lipinski definition) is 5. The molecule has 1 aliphatic rings. The fourth-order valence-electron chi connectivity index (χ4n) is 1.33. The van der Waals surface area contributed by atoms with Crippen molar-refractivity contribution in [3.05, 3.63) is 11.9 Å². The Morgan fingerprint density at radius 2 is 2.43 bits per heavy atom. The monoisotopic (exact) mass is 195 g/mol. The van der Waals surface area contributed by atoms with Crippen LogP contribution in [0.5, 0.6) is 5.88 Å². The van der Waals surface area contributed by atoms with E-state index in [-0.39, 0.29) is 6.10 Å².